The highest BCUT2D eigenvalue weighted by atomic mass is 19.1. The molecule has 29 heavy (non-hydrogen) atoms. The molecule has 1 aliphatic rings. The Morgan fingerprint density at radius 3 is 2.62 bits per heavy atom. The molecule has 3 atom stereocenters. The summed E-state index contributed by atoms with van der Waals surface area (Å²) in [5.41, 5.74) is 1.28. The second-order valence-corrected chi connectivity index (χ2v) is 7.08. The van der Waals surface area contributed by atoms with E-state index in [0.29, 0.717) is 17.9 Å². The second-order valence-electron chi connectivity index (χ2n) is 7.08. The van der Waals surface area contributed by atoms with Crippen molar-refractivity contribution < 1.29 is 23.5 Å². The highest BCUT2D eigenvalue weighted by Gasteiger charge is 2.47. The van der Waals surface area contributed by atoms with E-state index in [1.54, 1.807) is 37.3 Å². The van der Waals surface area contributed by atoms with Gasteiger partial charge in [-0.25, -0.2) is 4.39 Å². The molecule has 1 heterocycles. The van der Waals surface area contributed by atoms with Crippen molar-refractivity contribution in [3.05, 3.63) is 65.5 Å². The van der Waals surface area contributed by atoms with Crippen molar-refractivity contribution in [2.75, 3.05) is 21.3 Å². The summed E-state index contributed by atoms with van der Waals surface area (Å²) in [6.07, 6.45) is 0.256. The second kappa shape index (κ2) is 9.05. The monoisotopic (exact) mass is 400 g/mol. The Kier molecular flexibility index (Phi) is 6.49. The van der Waals surface area contributed by atoms with Crippen molar-refractivity contribution in [2.45, 2.75) is 25.0 Å². The molecule has 0 saturated carbocycles. The van der Waals surface area contributed by atoms with Crippen molar-refractivity contribution in [1.82, 2.24) is 10.2 Å². The molecule has 1 saturated heterocycles. The largest absolute Gasteiger partial charge is 0.497 e. The molecule has 1 aliphatic heterocycles. The molecular weight excluding hydrogens is 375 g/mol. The van der Waals surface area contributed by atoms with Gasteiger partial charge in [0.05, 0.1) is 20.1 Å². The van der Waals surface area contributed by atoms with E-state index in [4.69, 9.17) is 9.47 Å². The summed E-state index contributed by atoms with van der Waals surface area (Å²) in [6, 6.07) is 12.6. The van der Waals surface area contributed by atoms with E-state index < -0.39 is 29.8 Å². The van der Waals surface area contributed by atoms with Gasteiger partial charge in [-0.1, -0.05) is 30.3 Å². The number of hydrogen-bond acceptors (Lipinski definition) is 5. The molecule has 0 spiro atoms. The summed E-state index contributed by atoms with van der Waals surface area (Å²) in [6.45, 7) is 0.309. The van der Waals surface area contributed by atoms with Crippen LogP contribution in [-0.2, 0) is 20.9 Å². The normalized spacial score (nSPS) is 21.6. The van der Waals surface area contributed by atoms with E-state index in [-0.39, 0.29) is 12.3 Å². The number of nitrogens with zero attached hydrogens (tertiary/aromatic N) is 1. The SMILES string of the molecule is COC(=O)[C@@H]1C[C@H](C(=O)NCc2cccc(OC)c2)[C@H](c2ccccc2F)N1C. The molecule has 6 nitrogen and oxygen atoms in total. The molecule has 2 aromatic carbocycles. The predicted octanol–water partition coefficient (Wildman–Crippen LogP) is 2.69. The molecule has 7 heteroatoms. The number of amides is 1. The van der Waals surface area contributed by atoms with E-state index in [2.05, 4.69) is 5.32 Å². The molecule has 0 aliphatic carbocycles. The Morgan fingerprint density at radius 1 is 1.17 bits per heavy atom. The Morgan fingerprint density at radius 2 is 1.93 bits per heavy atom. The number of hydrogen-bond donors (Lipinski definition) is 1. The number of likely N-dealkylation sites (tertiary alicyclic amines) is 1. The van der Waals surface area contributed by atoms with Gasteiger partial charge in [-0.3, -0.25) is 14.5 Å². The minimum absolute atomic E-state index is 0.237. The van der Waals surface area contributed by atoms with E-state index in [1.807, 2.05) is 24.3 Å². The molecule has 2 aromatic rings. The number of nitrogens with one attached hydrogen (secondary N) is 1. The topological polar surface area (TPSA) is 67.9 Å². The number of halogens is 1. The average molecular weight is 400 g/mol. The minimum Gasteiger partial charge on any atom is -0.497 e. The zero-order chi connectivity index (χ0) is 21.0. The summed E-state index contributed by atoms with van der Waals surface area (Å²) in [5, 5.41) is 2.91. The lowest BCUT2D eigenvalue weighted by molar-refractivity contribution is -0.145. The van der Waals surface area contributed by atoms with Crippen molar-refractivity contribution in [1.29, 1.82) is 0 Å². The number of methoxy groups -OCH3 is 2. The van der Waals surface area contributed by atoms with Gasteiger partial charge in [-0.05, 0) is 37.2 Å². The van der Waals surface area contributed by atoms with Crippen molar-refractivity contribution >= 4 is 11.9 Å². The van der Waals surface area contributed by atoms with Crippen LogP contribution in [0.3, 0.4) is 0 Å². The first-order chi connectivity index (χ1) is 14.0. The number of ether oxygens (including phenoxy) is 2. The van der Waals surface area contributed by atoms with Crippen LogP contribution in [0.4, 0.5) is 4.39 Å². The van der Waals surface area contributed by atoms with Crippen molar-refractivity contribution in [3.63, 3.8) is 0 Å². The van der Waals surface area contributed by atoms with Gasteiger partial charge in [0.2, 0.25) is 5.91 Å². The lowest BCUT2D eigenvalue weighted by Gasteiger charge is -2.27. The van der Waals surface area contributed by atoms with E-state index in [1.165, 1.54) is 13.2 Å². The number of carbonyl (C=O) groups is 2. The summed E-state index contributed by atoms with van der Waals surface area (Å²) in [4.78, 5) is 26.9. The van der Waals surface area contributed by atoms with Gasteiger partial charge in [-0.15, -0.1) is 0 Å². The Labute approximate surface area is 169 Å². The Balaban J connectivity index is 1.82. The van der Waals surface area contributed by atoms with Crippen LogP contribution in [0.5, 0.6) is 5.75 Å². The molecule has 0 aromatic heterocycles. The van der Waals surface area contributed by atoms with Crippen LogP contribution < -0.4 is 10.1 Å². The molecule has 0 radical (unpaired) electrons. The maximum atomic E-state index is 14.5. The number of likely N-dealkylation sites (N-methyl/N-ethyl adjacent to an activating group) is 1. The minimum atomic E-state index is -0.614. The molecule has 1 amide bonds. The van der Waals surface area contributed by atoms with Crippen molar-refractivity contribution in [3.8, 4) is 5.75 Å². The molecule has 0 unspecified atom stereocenters. The number of carbonyl (C=O) groups excluding carboxylic acids is 2. The van der Waals surface area contributed by atoms with Gasteiger partial charge >= 0.3 is 5.97 Å². The Bertz CT molecular complexity index is 889. The van der Waals surface area contributed by atoms with Gasteiger partial charge in [0.1, 0.15) is 17.6 Å². The van der Waals surface area contributed by atoms with Crippen LogP contribution >= 0.6 is 0 Å². The zero-order valence-electron chi connectivity index (χ0n) is 16.7. The van der Waals surface area contributed by atoms with Crippen LogP contribution in [0.2, 0.25) is 0 Å². The average Bonchev–Trinajstić information content (AvgIpc) is 3.09. The first kappa shape index (κ1) is 20.8. The summed E-state index contributed by atoms with van der Waals surface area (Å²) in [7, 11) is 4.61. The fourth-order valence-corrected chi connectivity index (χ4v) is 3.92. The molecular formula is C22H25FN2O4. The van der Waals surface area contributed by atoms with Crippen LogP contribution in [0.15, 0.2) is 48.5 Å². The summed E-state index contributed by atoms with van der Waals surface area (Å²) >= 11 is 0. The number of rotatable bonds is 6. The lowest BCUT2D eigenvalue weighted by atomic mass is 9.92. The van der Waals surface area contributed by atoms with Gasteiger partial charge in [-0.2, -0.15) is 0 Å². The van der Waals surface area contributed by atoms with Gasteiger partial charge < -0.3 is 14.8 Å². The molecule has 1 fully saturated rings. The van der Waals surface area contributed by atoms with Crippen LogP contribution in [0.1, 0.15) is 23.6 Å². The van der Waals surface area contributed by atoms with E-state index in [9.17, 15) is 14.0 Å². The number of benzene rings is 2. The van der Waals surface area contributed by atoms with Crippen LogP contribution in [-0.4, -0.2) is 44.1 Å². The van der Waals surface area contributed by atoms with Gasteiger partial charge in [0.15, 0.2) is 0 Å². The first-order valence-corrected chi connectivity index (χ1v) is 9.41. The summed E-state index contributed by atoms with van der Waals surface area (Å²) in [5.74, 6) is -0.962. The van der Waals surface area contributed by atoms with E-state index >= 15 is 0 Å². The molecule has 1 N–H and O–H groups in total. The standard InChI is InChI=1S/C22H25FN2O4/c1-25-19(22(27)29-3)12-17(20(25)16-9-4-5-10-18(16)23)21(26)24-13-14-7-6-8-15(11-14)28-2/h4-11,17,19-20H,12-13H2,1-3H3,(H,24,26)/t17-,19-,20-/m0/s1. The predicted molar refractivity (Wildman–Crippen MR) is 106 cm³/mol. The highest BCUT2D eigenvalue weighted by molar-refractivity contribution is 5.83. The summed E-state index contributed by atoms with van der Waals surface area (Å²) < 4.78 is 24.6. The van der Waals surface area contributed by atoms with E-state index in [0.717, 1.165) is 5.56 Å². The fourth-order valence-electron chi connectivity index (χ4n) is 3.92. The van der Waals surface area contributed by atoms with Crippen LogP contribution in [0, 0.1) is 11.7 Å². The first-order valence-electron chi connectivity index (χ1n) is 9.41. The third-order valence-electron chi connectivity index (χ3n) is 5.42. The highest BCUT2D eigenvalue weighted by Crippen LogP contribution is 2.41. The maximum absolute atomic E-state index is 14.5. The van der Waals surface area contributed by atoms with Crippen molar-refractivity contribution in [2.24, 2.45) is 5.92 Å². The maximum Gasteiger partial charge on any atom is 0.323 e. The molecule has 0 bridgehead atoms. The molecule has 3 rings (SSSR count). The van der Waals surface area contributed by atoms with Crippen LogP contribution in [0.25, 0.3) is 0 Å². The van der Waals surface area contributed by atoms with Gasteiger partial charge in [0.25, 0.3) is 0 Å². The quantitative estimate of drug-likeness (QED) is 0.756. The number of esters is 1. The van der Waals surface area contributed by atoms with Gasteiger partial charge in [0, 0.05) is 18.2 Å². The third kappa shape index (κ3) is 4.40. The lowest BCUT2D eigenvalue weighted by Crippen LogP contribution is -2.36. The molecule has 154 valence electrons. The smallest absolute Gasteiger partial charge is 0.323 e. The third-order valence-corrected chi connectivity index (χ3v) is 5.42. The zero-order valence-corrected chi connectivity index (χ0v) is 16.7. The Hall–Kier alpha value is -2.93. The fraction of sp³-hybridized carbons (Fsp3) is 0.364.